The third kappa shape index (κ3) is 6.70. The highest BCUT2D eigenvalue weighted by atomic mass is 16.5. The van der Waals surface area contributed by atoms with Gasteiger partial charge in [-0.15, -0.1) is 0 Å². The molecule has 0 aliphatic carbocycles. The van der Waals surface area contributed by atoms with Crippen LogP contribution in [-0.2, 0) is 9.53 Å². The summed E-state index contributed by atoms with van der Waals surface area (Å²) < 4.78 is 5.02. The quantitative estimate of drug-likeness (QED) is 0.364. The Kier molecular flexibility index (Phi) is 9.20. The molecule has 102 valence electrons. The molecule has 0 fully saturated rings. The molecule has 0 amide bonds. The fourth-order valence-corrected chi connectivity index (χ4v) is 1.22. The van der Waals surface area contributed by atoms with Crippen molar-refractivity contribution in [1.82, 2.24) is 0 Å². The van der Waals surface area contributed by atoms with E-state index in [1.54, 1.807) is 0 Å². The van der Waals surface area contributed by atoms with Crippen molar-refractivity contribution in [2.24, 2.45) is 0 Å². The summed E-state index contributed by atoms with van der Waals surface area (Å²) in [5.41, 5.74) is 0. The number of hydrogen-bond donors (Lipinski definition) is 4. The van der Waals surface area contributed by atoms with E-state index in [0.29, 0.717) is 6.61 Å². The minimum atomic E-state index is -1.73. The number of carbonyl (C=O) groups is 1. The Morgan fingerprint density at radius 2 is 1.88 bits per heavy atom. The lowest BCUT2D eigenvalue weighted by molar-refractivity contribution is -0.144. The predicted molar refractivity (Wildman–Crippen MR) is 60.5 cm³/mol. The molecule has 0 heterocycles. The van der Waals surface area contributed by atoms with Crippen LogP contribution in [0.1, 0.15) is 26.2 Å². The van der Waals surface area contributed by atoms with E-state index in [9.17, 15) is 15.0 Å². The highest BCUT2D eigenvalue weighted by Gasteiger charge is 2.29. The highest BCUT2D eigenvalue weighted by Crippen LogP contribution is 2.02. The highest BCUT2D eigenvalue weighted by molar-refractivity contribution is 5.84. The minimum Gasteiger partial charge on any atom is -0.394 e. The van der Waals surface area contributed by atoms with Crippen molar-refractivity contribution in [3.05, 3.63) is 0 Å². The number of aliphatic hydroxyl groups is 4. The van der Waals surface area contributed by atoms with Gasteiger partial charge in [0.1, 0.15) is 24.9 Å². The molecule has 0 aromatic rings. The number of unbranched alkanes of at least 4 members (excludes halogenated alkanes) is 2. The maximum atomic E-state index is 11.3. The molecule has 3 atom stereocenters. The molecule has 0 aromatic carbocycles. The standard InChI is InChI=1S/C11H22O6/c1-2-3-4-5-17-7-9(14)11(16)10(15)8(13)6-12/h8,10-13,15-16H,2-7H2,1H3. The number of ketones is 1. The van der Waals surface area contributed by atoms with Gasteiger partial charge in [0.25, 0.3) is 0 Å². The third-order valence-electron chi connectivity index (χ3n) is 2.37. The summed E-state index contributed by atoms with van der Waals surface area (Å²) in [6.07, 6.45) is -2.07. The summed E-state index contributed by atoms with van der Waals surface area (Å²) in [4.78, 5) is 11.3. The molecule has 0 aliphatic rings. The molecule has 0 aromatic heterocycles. The summed E-state index contributed by atoms with van der Waals surface area (Å²) >= 11 is 0. The summed E-state index contributed by atoms with van der Waals surface area (Å²) in [6.45, 7) is 1.44. The Labute approximate surface area is 101 Å². The Bertz CT molecular complexity index is 208. The molecule has 0 aliphatic heterocycles. The lowest BCUT2D eigenvalue weighted by Crippen LogP contribution is -2.45. The van der Waals surface area contributed by atoms with Crippen molar-refractivity contribution in [3.63, 3.8) is 0 Å². The van der Waals surface area contributed by atoms with Gasteiger partial charge in [0.2, 0.25) is 0 Å². The van der Waals surface area contributed by atoms with Crippen LogP contribution in [0.3, 0.4) is 0 Å². The van der Waals surface area contributed by atoms with Crippen molar-refractivity contribution in [3.8, 4) is 0 Å². The molecular formula is C11H22O6. The van der Waals surface area contributed by atoms with Crippen molar-refractivity contribution in [2.75, 3.05) is 19.8 Å². The monoisotopic (exact) mass is 250 g/mol. The molecule has 17 heavy (non-hydrogen) atoms. The first-order valence-electron chi connectivity index (χ1n) is 5.80. The van der Waals surface area contributed by atoms with Crippen molar-refractivity contribution in [2.45, 2.75) is 44.5 Å². The van der Waals surface area contributed by atoms with E-state index in [4.69, 9.17) is 14.9 Å². The molecule has 0 rings (SSSR count). The van der Waals surface area contributed by atoms with Gasteiger partial charge in [-0.2, -0.15) is 0 Å². The van der Waals surface area contributed by atoms with Crippen LogP contribution in [0.25, 0.3) is 0 Å². The number of hydrogen-bond acceptors (Lipinski definition) is 6. The largest absolute Gasteiger partial charge is 0.394 e. The molecule has 6 nitrogen and oxygen atoms in total. The Morgan fingerprint density at radius 1 is 1.24 bits per heavy atom. The van der Waals surface area contributed by atoms with E-state index >= 15 is 0 Å². The van der Waals surface area contributed by atoms with E-state index in [1.807, 2.05) is 6.92 Å². The summed E-state index contributed by atoms with van der Waals surface area (Å²) in [5, 5.41) is 36.2. The molecular weight excluding hydrogens is 228 g/mol. The first-order chi connectivity index (χ1) is 8.04. The van der Waals surface area contributed by atoms with Crippen LogP contribution >= 0.6 is 0 Å². The molecule has 0 saturated carbocycles. The lowest BCUT2D eigenvalue weighted by atomic mass is 10.1. The second-order valence-corrected chi connectivity index (χ2v) is 3.91. The number of rotatable bonds is 10. The zero-order valence-corrected chi connectivity index (χ0v) is 10.1. The van der Waals surface area contributed by atoms with Crippen LogP contribution in [0.4, 0.5) is 0 Å². The number of Topliss-reactive ketones (excluding diaryl/α,β-unsaturated/α-hetero) is 1. The van der Waals surface area contributed by atoms with E-state index in [2.05, 4.69) is 0 Å². The van der Waals surface area contributed by atoms with Crippen molar-refractivity contribution < 1.29 is 30.0 Å². The van der Waals surface area contributed by atoms with Crippen LogP contribution < -0.4 is 0 Å². The van der Waals surface area contributed by atoms with Crippen LogP contribution in [-0.4, -0.2) is 64.3 Å². The second kappa shape index (κ2) is 9.49. The van der Waals surface area contributed by atoms with Crippen LogP contribution in [0, 0.1) is 0 Å². The topological polar surface area (TPSA) is 107 Å². The summed E-state index contributed by atoms with van der Waals surface area (Å²) in [5.74, 6) is -0.707. The first kappa shape index (κ1) is 16.5. The van der Waals surface area contributed by atoms with Crippen molar-refractivity contribution in [1.29, 1.82) is 0 Å². The summed E-state index contributed by atoms with van der Waals surface area (Å²) in [7, 11) is 0. The van der Waals surface area contributed by atoms with E-state index < -0.39 is 30.7 Å². The number of ether oxygens (including phenoxy) is 1. The molecule has 6 heteroatoms. The average Bonchev–Trinajstić information content (AvgIpc) is 2.35. The summed E-state index contributed by atoms with van der Waals surface area (Å²) in [6, 6.07) is 0. The molecule has 0 bridgehead atoms. The molecule has 4 N–H and O–H groups in total. The van der Waals surface area contributed by atoms with E-state index in [1.165, 1.54) is 0 Å². The van der Waals surface area contributed by atoms with Gasteiger partial charge in [0.15, 0.2) is 5.78 Å². The number of aliphatic hydroxyl groups excluding tert-OH is 4. The fraction of sp³-hybridized carbons (Fsp3) is 0.909. The van der Waals surface area contributed by atoms with Gasteiger partial charge >= 0.3 is 0 Å². The minimum absolute atomic E-state index is 0.305. The van der Waals surface area contributed by atoms with Gasteiger partial charge in [-0.1, -0.05) is 19.8 Å². The maximum Gasteiger partial charge on any atom is 0.189 e. The fourth-order valence-electron chi connectivity index (χ4n) is 1.22. The molecule has 0 saturated heterocycles. The molecule has 3 unspecified atom stereocenters. The average molecular weight is 250 g/mol. The van der Waals surface area contributed by atoms with Crippen LogP contribution in [0.15, 0.2) is 0 Å². The molecule has 0 radical (unpaired) electrons. The smallest absolute Gasteiger partial charge is 0.189 e. The Morgan fingerprint density at radius 3 is 2.41 bits per heavy atom. The van der Waals surface area contributed by atoms with Crippen molar-refractivity contribution >= 4 is 5.78 Å². The van der Waals surface area contributed by atoms with Gasteiger partial charge in [0, 0.05) is 6.61 Å². The van der Waals surface area contributed by atoms with Gasteiger partial charge in [-0.05, 0) is 6.42 Å². The third-order valence-corrected chi connectivity index (χ3v) is 2.37. The SMILES string of the molecule is CCCCCOCC(=O)C(O)C(O)C(O)CO. The normalized spacial score (nSPS) is 16.5. The molecule has 0 spiro atoms. The Balaban J connectivity index is 3.81. The second-order valence-electron chi connectivity index (χ2n) is 3.91. The maximum absolute atomic E-state index is 11.3. The Hall–Kier alpha value is -0.530. The predicted octanol–water partition coefficient (Wildman–Crippen LogP) is -1.16. The number of carbonyl (C=O) groups excluding carboxylic acids is 1. The van der Waals surface area contributed by atoms with Gasteiger partial charge in [0.05, 0.1) is 6.61 Å². The van der Waals surface area contributed by atoms with Crippen LogP contribution in [0.2, 0.25) is 0 Å². The van der Waals surface area contributed by atoms with Crippen LogP contribution in [0.5, 0.6) is 0 Å². The van der Waals surface area contributed by atoms with Gasteiger partial charge in [-0.3, -0.25) is 4.79 Å². The van der Waals surface area contributed by atoms with E-state index in [-0.39, 0.29) is 6.61 Å². The van der Waals surface area contributed by atoms with E-state index in [0.717, 1.165) is 19.3 Å². The first-order valence-corrected chi connectivity index (χ1v) is 5.80. The van der Waals surface area contributed by atoms with Gasteiger partial charge in [-0.25, -0.2) is 0 Å². The lowest BCUT2D eigenvalue weighted by Gasteiger charge is -2.20. The zero-order chi connectivity index (χ0) is 13.3. The van der Waals surface area contributed by atoms with Gasteiger partial charge < -0.3 is 25.2 Å². The zero-order valence-electron chi connectivity index (χ0n) is 10.1.